The zero-order valence-electron chi connectivity index (χ0n) is 16.6. The van der Waals surface area contributed by atoms with Gasteiger partial charge in [0.2, 0.25) is 0 Å². The van der Waals surface area contributed by atoms with E-state index in [0.29, 0.717) is 0 Å². The summed E-state index contributed by atoms with van der Waals surface area (Å²) in [4.78, 5) is 4.88. The second kappa shape index (κ2) is 9.15. The number of rotatable bonds is 8. The van der Waals surface area contributed by atoms with Gasteiger partial charge in [0.15, 0.2) is 0 Å². The van der Waals surface area contributed by atoms with Crippen LogP contribution in [-0.2, 0) is 13.0 Å². The van der Waals surface area contributed by atoms with Crippen LogP contribution in [0.4, 0.5) is 0 Å². The lowest BCUT2D eigenvalue weighted by atomic mass is 10.1. The number of benzene rings is 3. The average Bonchev–Trinajstić information content (AvgIpc) is 3.08. The quantitative estimate of drug-likeness (QED) is 0.315. The van der Waals surface area contributed by atoms with E-state index >= 15 is 0 Å². The van der Waals surface area contributed by atoms with Gasteiger partial charge in [-0.05, 0) is 55.7 Å². The minimum Gasteiger partial charge on any atom is -0.494 e. The van der Waals surface area contributed by atoms with Crippen LogP contribution in [0.25, 0.3) is 11.0 Å². The zero-order valence-corrected chi connectivity index (χ0v) is 17.4. The predicted octanol–water partition coefficient (Wildman–Crippen LogP) is 6.45. The third-order valence-corrected chi connectivity index (χ3v) is 5.47. The number of ether oxygens (including phenoxy) is 1. The van der Waals surface area contributed by atoms with E-state index in [0.717, 1.165) is 60.1 Å². The Labute approximate surface area is 176 Å². The van der Waals surface area contributed by atoms with E-state index in [1.165, 1.54) is 11.1 Å². The summed E-state index contributed by atoms with van der Waals surface area (Å²) in [6.45, 7) is 3.71. The molecule has 0 aliphatic heterocycles. The van der Waals surface area contributed by atoms with Crippen molar-refractivity contribution in [3.63, 3.8) is 0 Å². The molecule has 0 unspecified atom stereocenters. The van der Waals surface area contributed by atoms with Crippen molar-refractivity contribution in [2.75, 3.05) is 6.61 Å². The van der Waals surface area contributed by atoms with Crippen LogP contribution in [0, 0.1) is 6.92 Å². The highest BCUT2D eigenvalue weighted by Gasteiger charge is 2.12. The van der Waals surface area contributed by atoms with Gasteiger partial charge in [0, 0.05) is 18.0 Å². The highest BCUT2D eigenvalue weighted by atomic mass is 35.5. The molecule has 0 spiro atoms. The van der Waals surface area contributed by atoms with Gasteiger partial charge in [-0.25, -0.2) is 4.98 Å². The summed E-state index contributed by atoms with van der Waals surface area (Å²) in [6, 6.07) is 24.5. The van der Waals surface area contributed by atoms with Crippen molar-refractivity contribution in [3.05, 3.63) is 94.8 Å². The number of fused-ring (bicyclic) bond motifs is 1. The second-order valence-electron chi connectivity index (χ2n) is 7.31. The van der Waals surface area contributed by atoms with Crippen LogP contribution >= 0.6 is 11.6 Å². The number of hydrogen-bond donors (Lipinski definition) is 0. The van der Waals surface area contributed by atoms with Crippen LogP contribution < -0.4 is 4.74 Å². The minimum absolute atomic E-state index is 0.718. The lowest BCUT2D eigenvalue weighted by Gasteiger charge is -2.11. The van der Waals surface area contributed by atoms with E-state index in [1.54, 1.807) is 0 Å². The van der Waals surface area contributed by atoms with Crippen molar-refractivity contribution in [3.8, 4) is 5.75 Å². The Bertz CT molecular complexity index is 1090. The van der Waals surface area contributed by atoms with Crippen LogP contribution in [0.1, 0.15) is 29.8 Å². The number of nitrogens with zero attached hydrogens (tertiary/aromatic N) is 2. The smallest absolute Gasteiger partial charge is 0.119 e. The van der Waals surface area contributed by atoms with Crippen LogP contribution in [-0.4, -0.2) is 16.2 Å². The van der Waals surface area contributed by atoms with Crippen LogP contribution in [0.3, 0.4) is 0 Å². The topological polar surface area (TPSA) is 27.1 Å². The fourth-order valence-electron chi connectivity index (χ4n) is 3.52. The highest BCUT2D eigenvalue weighted by molar-refractivity contribution is 6.31. The predicted molar refractivity (Wildman–Crippen MR) is 120 cm³/mol. The van der Waals surface area contributed by atoms with Gasteiger partial charge in [0.25, 0.3) is 0 Å². The summed E-state index contributed by atoms with van der Waals surface area (Å²) in [5.41, 5.74) is 4.56. The van der Waals surface area contributed by atoms with E-state index in [1.807, 2.05) is 36.4 Å². The second-order valence-corrected chi connectivity index (χ2v) is 7.71. The van der Waals surface area contributed by atoms with Crippen molar-refractivity contribution in [1.29, 1.82) is 0 Å². The molecule has 148 valence electrons. The van der Waals surface area contributed by atoms with Crippen LogP contribution in [0.15, 0.2) is 72.8 Å². The van der Waals surface area contributed by atoms with Gasteiger partial charge in [-0.15, -0.1) is 0 Å². The molecule has 4 heteroatoms. The number of imidazole rings is 1. The Balaban J connectivity index is 1.43. The molecule has 0 aliphatic carbocycles. The summed E-state index contributed by atoms with van der Waals surface area (Å²) in [5, 5.41) is 0.789. The van der Waals surface area contributed by atoms with E-state index in [4.69, 9.17) is 21.3 Å². The van der Waals surface area contributed by atoms with Crippen molar-refractivity contribution in [2.24, 2.45) is 0 Å². The van der Waals surface area contributed by atoms with E-state index in [-0.39, 0.29) is 0 Å². The van der Waals surface area contributed by atoms with Gasteiger partial charge in [-0.2, -0.15) is 0 Å². The first-order valence-electron chi connectivity index (χ1n) is 10.1. The number of halogens is 1. The molecule has 0 radical (unpaired) electrons. The van der Waals surface area contributed by atoms with Gasteiger partial charge >= 0.3 is 0 Å². The average molecular weight is 405 g/mol. The Hall–Kier alpha value is -2.78. The molecule has 1 aromatic heterocycles. The number of para-hydroxylation sites is 2. The normalized spacial score (nSPS) is 11.1. The van der Waals surface area contributed by atoms with E-state index in [2.05, 4.69) is 47.9 Å². The fraction of sp³-hybridized carbons (Fsp3) is 0.240. The SMILES string of the molecule is Cc1ccc(OCCCCn2c(Cc3ccccc3Cl)nc3ccccc32)cc1. The molecule has 4 rings (SSSR count). The Kier molecular flexibility index (Phi) is 6.16. The molecule has 0 aliphatic rings. The molecule has 29 heavy (non-hydrogen) atoms. The molecule has 0 bridgehead atoms. The fourth-order valence-corrected chi connectivity index (χ4v) is 3.72. The van der Waals surface area contributed by atoms with Crippen LogP contribution in [0.2, 0.25) is 5.02 Å². The Morgan fingerprint density at radius 3 is 2.48 bits per heavy atom. The third kappa shape index (κ3) is 4.80. The molecule has 0 saturated heterocycles. The van der Waals surface area contributed by atoms with Crippen LogP contribution in [0.5, 0.6) is 5.75 Å². The molecule has 4 aromatic rings. The molecular weight excluding hydrogens is 380 g/mol. The van der Waals surface area contributed by atoms with Gasteiger partial charge in [-0.3, -0.25) is 0 Å². The van der Waals surface area contributed by atoms with Crippen molar-refractivity contribution >= 4 is 22.6 Å². The summed E-state index contributed by atoms with van der Waals surface area (Å²) in [6.07, 6.45) is 2.75. The Morgan fingerprint density at radius 1 is 0.897 bits per heavy atom. The van der Waals surface area contributed by atoms with Crippen molar-refractivity contribution < 1.29 is 4.74 Å². The molecular formula is C25H25ClN2O. The summed E-state index contributed by atoms with van der Waals surface area (Å²) >= 11 is 6.39. The van der Waals surface area contributed by atoms with E-state index in [9.17, 15) is 0 Å². The molecule has 0 atom stereocenters. The lowest BCUT2D eigenvalue weighted by molar-refractivity contribution is 0.303. The maximum absolute atomic E-state index is 6.39. The maximum Gasteiger partial charge on any atom is 0.119 e. The standard InChI is InChI=1S/C25H25ClN2O/c1-19-12-14-21(15-13-19)29-17-7-6-16-28-24-11-5-4-10-23(24)27-25(28)18-20-8-2-3-9-22(20)26/h2-5,8-15H,6-7,16-18H2,1H3. The molecule has 3 nitrogen and oxygen atoms in total. The largest absolute Gasteiger partial charge is 0.494 e. The molecule has 0 fully saturated rings. The summed E-state index contributed by atoms with van der Waals surface area (Å²) < 4.78 is 8.19. The molecule has 0 amide bonds. The van der Waals surface area contributed by atoms with Gasteiger partial charge < -0.3 is 9.30 Å². The number of aryl methyl sites for hydroxylation is 2. The lowest BCUT2D eigenvalue weighted by Crippen LogP contribution is -2.07. The Morgan fingerprint density at radius 2 is 1.66 bits per heavy atom. The van der Waals surface area contributed by atoms with Gasteiger partial charge in [0.05, 0.1) is 17.6 Å². The number of aromatic nitrogens is 2. The maximum atomic E-state index is 6.39. The zero-order chi connectivity index (χ0) is 20.1. The van der Waals surface area contributed by atoms with E-state index < -0.39 is 0 Å². The third-order valence-electron chi connectivity index (χ3n) is 5.11. The molecule has 0 N–H and O–H groups in total. The molecule has 1 heterocycles. The van der Waals surface area contributed by atoms with Crippen molar-refractivity contribution in [1.82, 2.24) is 9.55 Å². The van der Waals surface area contributed by atoms with Gasteiger partial charge in [-0.1, -0.05) is 59.6 Å². The number of unbranched alkanes of at least 4 members (excludes halogenated alkanes) is 1. The highest BCUT2D eigenvalue weighted by Crippen LogP contribution is 2.23. The molecule has 0 saturated carbocycles. The monoisotopic (exact) mass is 404 g/mol. The van der Waals surface area contributed by atoms with Gasteiger partial charge in [0.1, 0.15) is 11.6 Å². The minimum atomic E-state index is 0.718. The summed E-state index contributed by atoms with van der Waals surface area (Å²) in [7, 11) is 0. The summed E-state index contributed by atoms with van der Waals surface area (Å²) in [5.74, 6) is 1.99. The molecule has 3 aromatic carbocycles. The number of hydrogen-bond acceptors (Lipinski definition) is 2. The first-order chi connectivity index (χ1) is 14.2. The first kappa shape index (κ1) is 19.5. The first-order valence-corrected chi connectivity index (χ1v) is 10.5. The van der Waals surface area contributed by atoms with Crippen molar-refractivity contribution in [2.45, 2.75) is 32.7 Å².